The number of nitrogens with zero attached hydrogens (tertiary/aromatic N) is 3. The summed E-state index contributed by atoms with van der Waals surface area (Å²) in [4.78, 5) is 12.8. The number of amides is 2. The van der Waals surface area contributed by atoms with E-state index < -0.39 is 15.9 Å². The van der Waals surface area contributed by atoms with Crippen LogP contribution in [0.2, 0.25) is 0 Å². The van der Waals surface area contributed by atoms with Gasteiger partial charge in [-0.15, -0.1) is 4.36 Å². The number of nitrogens with one attached hydrogen (secondary N) is 1. The maximum absolute atomic E-state index is 13.0. The highest BCUT2D eigenvalue weighted by Gasteiger charge is 2.30. The molecule has 3 N–H and O–H groups in total. The minimum atomic E-state index is -3.46. The Hall–Kier alpha value is -2.39. The Morgan fingerprint density at radius 1 is 1.29 bits per heavy atom. The van der Waals surface area contributed by atoms with E-state index in [1.54, 1.807) is 4.68 Å². The van der Waals surface area contributed by atoms with Crippen molar-refractivity contribution in [2.45, 2.75) is 56.4 Å². The fourth-order valence-electron chi connectivity index (χ4n) is 4.53. The lowest BCUT2D eigenvalue weighted by Gasteiger charge is -2.15. The quantitative estimate of drug-likeness (QED) is 0.806. The number of ether oxygens (including phenoxy) is 1. The van der Waals surface area contributed by atoms with Crippen LogP contribution in [0.1, 0.15) is 48.1 Å². The van der Waals surface area contributed by atoms with Gasteiger partial charge >= 0.3 is 6.03 Å². The van der Waals surface area contributed by atoms with Crippen molar-refractivity contribution in [3.8, 4) is 5.88 Å². The number of aryl methyl sites for hydroxylation is 2. The number of urea groups is 1. The van der Waals surface area contributed by atoms with Crippen molar-refractivity contribution in [1.29, 1.82) is 0 Å². The molecule has 2 aromatic rings. The minimum Gasteiger partial charge on any atom is -0.475 e. The summed E-state index contributed by atoms with van der Waals surface area (Å²) in [6.45, 7) is 2.37. The Morgan fingerprint density at radius 3 is 2.64 bits per heavy atom. The summed E-state index contributed by atoms with van der Waals surface area (Å²) in [5, 5.41) is 13.0. The molecule has 9 heteroatoms. The lowest BCUT2D eigenvalue weighted by molar-refractivity contribution is 0.260. The highest BCUT2D eigenvalue weighted by molar-refractivity contribution is 7.91. The van der Waals surface area contributed by atoms with Crippen LogP contribution in [-0.2, 0) is 35.6 Å². The summed E-state index contributed by atoms with van der Waals surface area (Å²) in [5.41, 5.74) is 5.85. The van der Waals surface area contributed by atoms with Crippen molar-refractivity contribution in [1.82, 2.24) is 9.78 Å². The molecule has 0 spiro atoms. The van der Waals surface area contributed by atoms with E-state index in [-0.39, 0.29) is 10.9 Å². The van der Waals surface area contributed by atoms with Crippen LogP contribution in [0, 0.1) is 0 Å². The van der Waals surface area contributed by atoms with Gasteiger partial charge in [0, 0.05) is 5.69 Å². The maximum atomic E-state index is 13.0. The first kappa shape index (κ1) is 17.7. The molecule has 0 saturated heterocycles. The summed E-state index contributed by atoms with van der Waals surface area (Å²) in [6, 6.07) is 1.63. The molecule has 1 aliphatic heterocycles. The average Bonchev–Trinajstić information content (AvgIpc) is 3.38. The summed E-state index contributed by atoms with van der Waals surface area (Å²) >= 11 is 0. The summed E-state index contributed by atoms with van der Waals surface area (Å²) in [5.74, 6) is 0.332. The van der Waals surface area contributed by atoms with Gasteiger partial charge in [-0.05, 0) is 67.7 Å². The van der Waals surface area contributed by atoms with Gasteiger partial charge in [0.1, 0.15) is 11.5 Å². The van der Waals surface area contributed by atoms with Crippen LogP contribution < -0.4 is 15.2 Å². The van der Waals surface area contributed by atoms with Crippen LogP contribution in [0.25, 0.3) is 0 Å². The number of carbonyl (C=O) groups is 1. The zero-order chi connectivity index (χ0) is 19.5. The molecule has 8 nitrogen and oxygen atoms in total. The van der Waals surface area contributed by atoms with Crippen molar-refractivity contribution >= 4 is 21.6 Å². The molecular weight excluding hydrogens is 378 g/mol. The van der Waals surface area contributed by atoms with Crippen molar-refractivity contribution in [2.24, 2.45) is 9.50 Å². The minimum absolute atomic E-state index is 0.0299. The van der Waals surface area contributed by atoms with E-state index in [1.807, 2.05) is 6.92 Å². The number of hydrogen-bond donors (Lipinski definition) is 2. The number of anilines is 1. The molecule has 0 fully saturated rings. The van der Waals surface area contributed by atoms with Crippen molar-refractivity contribution in [3.05, 3.63) is 34.5 Å². The van der Waals surface area contributed by atoms with Crippen LogP contribution in [-0.4, -0.2) is 26.6 Å². The largest absolute Gasteiger partial charge is 0.475 e. The topological polar surface area (TPSA) is 112 Å². The van der Waals surface area contributed by atoms with Crippen LogP contribution in [0.3, 0.4) is 0 Å². The molecule has 148 valence electrons. The molecule has 2 amide bonds. The van der Waals surface area contributed by atoms with E-state index >= 15 is 0 Å². The van der Waals surface area contributed by atoms with Gasteiger partial charge in [-0.2, -0.15) is 5.10 Å². The third-order valence-corrected chi connectivity index (χ3v) is 7.18. The lowest BCUT2D eigenvalue weighted by Crippen LogP contribution is -2.19. The van der Waals surface area contributed by atoms with Crippen LogP contribution in [0.4, 0.5) is 10.5 Å². The van der Waals surface area contributed by atoms with Gasteiger partial charge in [0.2, 0.25) is 5.88 Å². The maximum Gasteiger partial charge on any atom is 0.354 e. The fraction of sp³-hybridized carbons (Fsp3) is 0.474. The molecule has 2 aliphatic carbocycles. The second kappa shape index (κ2) is 6.31. The van der Waals surface area contributed by atoms with E-state index in [1.165, 1.54) is 28.5 Å². The van der Waals surface area contributed by atoms with E-state index in [0.29, 0.717) is 12.5 Å². The number of carbonyl (C=O) groups excluding carboxylic acids is 1. The predicted octanol–water partition coefficient (Wildman–Crippen LogP) is 2.75. The van der Waals surface area contributed by atoms with E-state index in [4.69, 9.17) is 9.88 Å². The normalized spacial score (nSPS) is 21.4. The van der Waals surface area contributed by atoms with Gasteiger partial charge in [-0.25, -0.2) is 18.8 Å². The van der Waals surface area contributed by atoms with E-state index in [0.717, 1.165) is 44.2 Å². The fourth-order valence-corrected chi connectivity index (χ4v) is 5.52. The monoisotopic (exact) mass is 401 g/mol. The van der Waals surface area contributed by atoms with E-state index in [2.05, 4.69) is 20.8 Å². The second-order valence-corrected chi connectivity index (χ2v) is 9.50. The van der Waals surface area contributed by atoms with Crippen LogP contribution in [0.5, 0.6) is 5.88 Å². The number of fused-ring (bicyclic) bond motifs is 3. The SMILES string of the molecule is C[C@@H]1COc2c([S@](N)(=O)=NC(=O)Nc3c4c(cc5c3CCC5)CCC4)cnn21. The van der Waals surface area contributed by atoms with Crippen molar-refractivity contribution in [2.75, 3.05) is 11.9 Å². The highest BCUT2D eigenvalue weighted by Crippen LogP contribution is 2.39. The van der Waals surface area contributed by atoms with Gasteiger partial charge in [0.05, 0.1) is 12.2 Å². The highest BCUT2D eigenvalue weighted by atomic mass is 32.2. The van der Waals surface area contributed by atoms with Gasteiger partial charge in [-0.1, -0.05) is 6.07 Å². The van der Waals surface area contributed by atoms with Crippen molar-refractivity contribution in [3.63, 3.8) is 0 Å². The number of aromatic nitrogens is 2. The van der Waals surface area contributed by atoms with Crippen LogP contribution >= 0.6 is 0 Å². The molecule has 0 bridgehead atoms. The Labute approximate surface area is 163 Å². The molecule has 3 aliphatic rings. The summed E-state index contributed by atoms with van der Waals surface area (Å²) in [7, 11) is -3.46. The Morgan fingerprint density at radius 2 is 1.96 bits per heavy atom. The average molecular weight is 401 g/mol. The number of nitrogens with two attached hydrogens (primary N) is 1. The molecule has 28 heavy (non-hydrogen) atoms. The molecule has 5 rings (SSSR count). The molecule has 1 aromatic carbocycles. The summed E-state index contributed by atoms with van der Waals surface area (Å²) < 4.78 is 24.0. The molecular formula is C19H23N5O3S. The van der Waals surface area contributed by atoms with E-state index in [9.17, 15) is 9.00 Å². The van der Waals surface area contributed by atoms with Gasteiger partial charge in [0.25, 0.3) is 0 Å². The molecule has 2 atom stereocenters. The molecule has 2 heterocycles. The third-order valence-electron chi connectivity index (χ3n) is 5.84. The van der Waals surface area contributed by atoms with Gasteiger partial charge < -0.3 is 10.1 Å². The zero-order valence-electron chi connectivity index (χ0n) is 15.7. The molecule has 1 aromatic heterocycles. The summed E-state index contributed by atoms with van der Waals surface area (Å²) in [6.07, 6.45) is 7.51. The van der Waals surface area contributed by atoms with Gasteiger partial charge in [-0.3, -0.25) is 0 Å². The van der Waals surface area contributed by atoms with Crippen LogP contribution in [0.15, 0.2) is 21.5 Å². The first-order chi connectivity index (χ1) is 13.4. The molecule has 0 radical (unpaired) electrons. The Balaban J connectivity index is 1.49. The molecule has 0 unspecified atom stereocenters. The predicted molar refractivity (Wildman–Crippen MR) is 105 cm³/mol. The van der Waals surface area contributed by atoms with Gasteiger partial charge in [0.15, 0.2) is 9.92 Å². The third kappa shape index (κ3) is 2.72. The number of benzene rings is 1. The zero-order valence-corrected chi connectivity index (χ0v) is 16.6. The first-order valence-corrected chi connectivity index (χ1v) is 11.2. The smallest absolute Gasteiger partial charge is 0.354 e. The number of hydrogen-bond acceptors (Lipinski definition) is 4. The first-order valence-electron chi connectivity index (χ1n) is 9.67. The van der Waals surface area contributed by atoms with Crippen molar-refractivity contribution < 1.29 is 13.7 Å². The second-order valence-electron chi connectivity index (χ2n) is 7.74. The Kier molecular flexibility index (Phi) is 3.99. The lowest BCUT2D eigenvalue weighted by atomic mass is 9.99. The molecule has 0 saturated carbocycles. The standard InChI is InChI=1S/C19H23N5O3S/c1-11-10-27-18-16(9-21-24(11)18)28(20,26)23-19(25)22-17-14-6-2-4-12(14)8-13-5-3-7-15(13)17/h8-9,11H,2-7,10H2,1H3,(H3,20,22,23,25,26)/t11-,28-/m1/s1. The number of rotatable bonds is 2. The Bertz CT molecular complexity index is 1080.